The fourth-order valence-electron chi connectivity index (χ4n) is 2.31. The molecule has 1 aliphatic heterocycles. The zero-order chi connectivity index (χ0) is 15.6. The normalized spacial score (nSPS) is 22.5. The Morgan fingerprint density at radius 3 is 2.40 bits per heavy atom. The molecule has 0 aromatic carbocycles. The van der Waals surface area contributed by atoms with Crippen LogP contribution in [-0.4, -0.2) is 52.2 Å². The molecule has 20 heavy (non-hydrogen) atoms. The first-order chi connectivity index (χ1) is 9.03. The van der Waals surface area contributed by atoms with Gasteiger partial charge in [-0.05, 0) is 27.2 Å². The van der Waals surface area contributed by atoms with Gasteiger partial charge in [-0.15, -0.1) is 0 Å². The van der Waals surface area contributed by atoms with Crippen LogP contribution in [0.15, 0.2) is 0 Å². The van der Waals surface area contributed by atoms with Gasteiger partial charge in [-0.2, -0.15) is 0 Å². The molecule has 114 valence electrons. The standard InChI is InChI=1S/C13H22N2O5/c1-9(16)14-13(7-10(17)18)5-6-15(8-13)11(19)20-12(2,3)4/h5-8H2,1-4H3,(H,14,16)(H,17,18). The molecule has 0 aromatic rings. The molecule has 2 amide bonds. The number of hydrogen-bond acceptors (Lipinski definition) is 4. The lowest BCUT2D eigenvalue weighted by atomic mass is 9.94. The monoisotopic (exact) mass is 286 g/mol. The smallest absolute Gasteiger partial charge is 0.410 e. The van der Waals surface area contributed by atoms with Gasteiger partial charge < -0.3 is 20.1 Å². The molecular formula is C13H22N2O5. The van der Waals surface area contributed by atoms with E-state index in [-0.39, 0.29) is 18.9 Å². The van der Waals surface area contributed by atoms with E-state index in [2.05, 4.69) is 5.32 Å². The summed E-state index contributed by atoms with van der Waals surface area (Å²) in [4.78, 5) is 35.6. The van der Waals surface area contributed by atoms with E-state index in [4.69, 9.17) is 9.84 Å². The molecule has 1 heterocycles. The highest BCUT2D eigenvalue weighted by Gasteiger charge is 2.43. The molecule has 0 aliphatic carbocycles. The van der Waals surface area contributed by atoms with Crippen molar-refractivity contribution in [3.63, 3.8) is 0 Å². The van der Waals surface area contributed by atoms with Crippen molar-refractivity contribution in [2.75, 3.05) is 13.1 Å². The summed E-state index contributed by atoms with van der Waals surface area (Å²) in [5.41, 5.74) is -1.52. The first kappa shape index (κ1) is 16.3. The van der Waals surface area contributed by atoms with Gasteiger partial charge in [0, 0.05) is 20.0 Å². The SMILES string of the molecule is CC(=O)NC1(CC(=O)O)CCN(C(=O)OC(C)(C)C)C1. The number of hydrogen-bond donors (Lipinski definition) is 2. The summed E-state index contributed by atoms with van der Waals surface area (Å²) >= 11 is 0. The van der Waals surface area contributed by atoms with E-state index in [1.807, 2.05) is 0 Å². The van der Waals surface area contributed by atoms with Gasteiger partial charge >= 0.3 is 12.1 Å². The lowest BCUT2D eigenvalue weighted by molar-refractivity contribution is -0.139. The Balaban J connectivity index is 2.76. The van der Waals surface area contributed by atoms with Gasteiger partial charge in [0.1, 0.15) is 5.60 Å². The van der Waals surface area contributed by atoms with E-state index in [0.717, 1.165) is 0 Å². The van der Waals surface area contributed by atoms with Crippen molar-refractivity contribution in [1.29, 1.82) is 0 Å². The average Bonchev–Trinajstić information content (AvgIpc) is 2.56. The van der Waals surface area contributed by atoms with E-state index in [1.54, 1.807) is 20.8 Å². The Kier molecular flexibility index (Phi) is 4.62. The quantitative estimate of drug-likeness (QED) is 0.806. The fourth-order valence-corrected chi connectivity index (χ4v) is 2.31. The minimum Gasteiger partial charge on any atom is -0.481 e. The first-order valence-electron chi connectivity index (χ1n) is 6.51. The minimum absolute atomic E-state index is 0.147. The third-order valence-corrected chi connectivity index (χ3v) is 2.94. The van der Waals surface area contributed by atoms with Crippen LogP contribution in [0.1, 0.15) is 40.5 Å². The third-order valence-electron chi connectivity index (χ3n) is 2.94. The van der Waals surface area contributed by atoms with Gasteiger partial charge in [0.2, 0.25) is 5.91 Å². The molecule has 1 saturated heterocycles. The summed E-state index contributed by atoms with van der Waals surface area (Å²) in [6.45, 7) is 7.13. The van der Waals surface area contributed by atoms with Crippen molar-refractivity contribution in [3.8, 4) is 0 Å². The number of carboxylic acid groups (broad SMARTS) is 1. The van der Waals surface area contributed by atoms with Gasteiger partial charge in [0.05, 0.1) is 12.0 Å². The number of carbonyl (C=O) groups is 3. The molecule has 7 heteroatoms. The number of nitrogens with one attached hydrogen (secondary N) is 1. The van der Waals surface area contributed by atoms with E-state index >= 15 is 0 Å². The van der Waals surface area contributed by atoms with Crippen molar-refractivity contribution >= 4 is 18.0 Å². The average molecular weight is 286 g/mol. The van der Waals surface area contributed by atoms with Gasteiger partial charge in [0.15, 0.2) is 0 Å². The molecule has 0 bridgehead atoms. The van der Waals surface area contributed by atoms with Crippen molar-refractivity contribution in [1.82, 2.24) is 10.2 Å². The molecule has 0 aromatic heterocycles. The molecule has 1 atom stereocenters. The third kappa shape index (κ3) is 4.71. The fraction of sp³-hybridized carbons (Fsp3) is 0.769. The molecular weight excluding hydrogens is 264 g/mol. The summed E-state index contributed by atoms with van der Waals surface area (Å²) < 4.78 is 5.25. The minimum atomic E-state index is -1.01. The molecule has 2 N–H and O–H groups in total. The molecule has 1 rings (SSSR count). The van der Waals surface area contributed by atoms with Crippen LogP contribution >= 0.6 is 0 Å². The second-order valence-corrected chi connectivity index (χ2v) is 6.18. The van der Waals surface area contributed by atoms with E-state index < -0.39 is 23.2 Å². The number of carboxylic acids is 1. The lowest BCUT2D eigenvalue weighted by Crippen LogP contribution is -2.51. The van der Waals surface area contributed by atoms with Crippen LogP contribution in [0.2, 0.25) is 0 Å². The van der Waals surface area contributed by atoms with Crippen LogP contribution in [-0.2, 0) is 14.3 Å². The van der Waals surface area contributed by atoms with Crippen LogP contribution in [0.3, 0.4) is 0 Å². The topological polar surface area (TPSA) is 95.9 Å². The molecule has 1 unspecified atom stereocenters. The number of nitrogens with zero attached hydrogens (tertiary/aromatic N) is 1. The number of rotatable bonds is 3. The van der Waals surface area contributed by atoms with E-state index in [1.165, 1.54) is 11.8 Å². The Hall–Kier alpha value is -1.79. The van der Waals surface area contributed by atoms with Crippen molar-refractivity contribution < 1.29 is 24.2 Å². The lowest BCUT2D eigenvalue weighted by Gasteiger charge is -2.29. The zero-order valence-electron chi connectivity index (χ0n) is 12.4. The Morgan fingerprint density at radius 2 is 1.95 bits per heavy atom. The van der Waals surface area contributed by atoms with Gasteiger partial charge in [0.25, 0.3) is 0 Å². The summed E-state index contributed by atoms with van der Waals surface area (Å²) in [7, 11) is 0. The van der Waals surface area contributed by atoms with Crippen molar-refractivity contribution in [2.24, 2.45) is 0 Å². The summed E-state index contributed by atoms with van der Waals surface area (Å²) in [6, 6.07) is 0. The van der Waals surface area contributed by atoms with Crippen LogP contribution in [0.25, 0.3) is 0 Å². The van der Waals surface area contributed by atoms with Crippen LogP contribution in [0.4, 0.5) is 4.79 Å². The van der Waals surface area contributed by atoms with Crippen LogP contribution in [0.5, 0.6) is 0 Å². The number of amides is 2. The predicted octanol–water partition coefficient (Wildman–Crippen LogP) is 0.977. The van der Waals surface area contributed by atoms with Crippen LogP contribution < -0.4 is 5.32 Å². The molecule has 0 saturated carbocycles. The predicted molar refractivity (Wildman–Crippen MR) is 71.2 cm³/mol. The molecule has 1 aliphatic rings. The van der Waals surface area contributed by atoms with Gasteiger partial charge in [-0.25, -0.2) is 4.79 Å². The molecule has 1 fully saturated rings. The maximum atomic E-state index is 12.0. The van der Waals surface area contributed by atoms with Crippen LogP contribution in [0, 0.1) is 0 Å². The number of aliphatic carboxylic acids is 1. The largest absolute Gasteiger partial charge is 0.481 e. The summed E-state index contributed by atoms with van der Waals surface area (Å²) in [5, 5.41) is 11.6. The van der Waals surface area contributed by atoms with E-state index in [9.17, 15) is 14.4 Å². The summed E-state index contributed by atoms with van der Waals surface area (Å²) in [5.74, 6) is -1.32. The summed E-state index contributed by atoms with van der Waals surface area (Å²) in [6.07, 6.45) is -0.306. The number of likely N-dealkylation sites (tertiary alicyclic amines) is 1. The highest BCUT2D eigenvalue weighted by molar-refractivity contribution is 5.77. The Labute approximate surface area is 118 Å². The highest BCUT2D eigenvalue weighted by atomic mass is 16.6. The first-order valence-corrected chi connectivity index (χ1v) is 6.51. The maximum absolute atomic E-state index is 12.0. The van der Waals surface area contributed by atoms with E-state index in [0.29, 0.717) is 13.0 Å². The molecule has 0 radical (unpaired) electrons. The van der Waals surface area contributed by atoms with Crippen molar-refractivity contribution in [3.05, 3.63) is 0 Å². The van der Waals surface area contributed by atoms with Gasteiger partial charge in [-0.1, -0.05) is 0 Å². The zero-order valence-corrected chi connectivity index (χ0v) is 12.4. The Morgan fingerprint density at radius 1 is 1.35 bits per heavy atom. The maximum Gasteiger partial charge on any atom is 0.410 e. The second kappa shape index (κ2) is 5.68. The second-order valence-electron chi connectivity index (χ2n) is 6.18. The number of ether oxygens (including phenoxy) is 1. The highest BCUT2D eigenvalue weighted by Crippen LogP contribution is 2.26. The molecule has 7 nitrogen and oxygen atoms in total. The number of carbonyl (C=O) groups excluding carboxylic acids is 2. The molecule has 0 spiro atoms. The van der Waals surface area contributed by atoms with Gasteiger partial charge in [-0.3, -0.25) is 9.59 Å². The van der Waals surface area contributed by atoms with Crippen molar-refractivity contribution in [2.45, 2.75) is 51.7 Å². The Bertz CT molecular complexity index is 397.